The van der Waals surface area contributed by atoms with Crippen molar-refractivity contribution in [2.24, 2.45) is 4.99 Å². The summed E-state index contributed by atoms with van der Waals surface area (Å²) >= 11 is 2.04. The third kappa shape index (κ3) is 6.03. The molecule has 1 saturated heterocycles. The first-order valence-electron chi connectivity index (χ1n) is 8.97. The van der Waals surface area contributed by atoms with E-state index in [1.165, 1.54) is 18.6 Å². The summed E-state index contributed by atoms with van der Waals surface area (Å²) in [4.78, 5) is 4.79. The van der Waals surface area contributed by atoms with Gasteiger partial charge in [0.1, 0.15) is 11.5 Å². The second kappa shape index (κ2) is 9.80. The molecular weight excluding hydrogens is 334 g/mol. The number of thioether (sulfide) groups is 1. The Kier molecular flexibility index (Phi) is 7.75. The van der Waals surface area contributed by atoms with Crippen LogP contribution in [0.5, 0.6) is 11.5 Å². The average Bonchev–Trinajstić information content (AvgIpc) is 3.06. The lowest BCUT2D eigenvalue weighted by Crippen LogP contribution is -2.39. The van der Waals surface area contributed by atoms with E-state index in [-0.39, 0.29) is 0 Å². The third-order valence-electron chi connectivity index (χ3n) is 4.39. The summed E-state index contributed by atoms with van der Waals surface area (Å²) in [6, 6.07) is 5.90. The van der Waals surface area contributed by atoms with Crippen molar-refractivity contribution in [3.05, 3.63) is 23.8 Å². The first-order chi connectivity index (χ1) is 12.1. The number of nitrogens with one attached hydrogen (secondary N) is 2. The first-order valence-corrected chi connectivity index (χ1v) is 9.96. The first kappa shape index (κ1) is 19.8. The maximum absolute atomic E-state index is 5.45. The highest BCUT2D eigenvalue weighted by molar-refractivity contribution is 8.00. The van der Waals surface area contributed by atoms with Crippen LogP contribution in [0.1, 0.15) is 32.3 Å². The predicted octanol–water partition coefficient (Wildman–Crippen LogP) is 3.09. The molecule has 2 rings (SSSR count). The molecule has 0 radical (unpaired) electrons. The Labute approximate surface area is 156 Å². The number of benzene rings is 1. The summed E-state index contributed by atoms with van der Waals surface area (Å²) < 4.78 is 11.0. The van der Waals surface area contributed by atoms with Crippen LogP contribution >= 0.6 is 11.8 Å². The number of hydrogen-bond acceptors (Lipinski definition) is 4. The normalized spacial score (nSPS) is 20.4. The second-order valence-electron chi connectivity index (χ2n) is 6.45. The molecule has 1 aliphatic rings. The van der Waals surface area contributed by atoms with Crippen LogP contribution in [-0.2, 0) is 6.42 Å². The van der Waals surface area contributed by atoms with Gasteiger partial charge in [-0.2, -0.15) is 11.8 Å². The molecule has 0 spiro atoms. The van der Waals surface area contributed by atoms with Gasteiger partial charge in [-0.05, 0) is 62.6 Å². The predicted molar refractivity (Wildman–Crippen MR) is 107 cm³/mol. The van der Waals surface area contributed by atoms with Gasteiger partial charge in [0, 0.05) is 17.8 Å². The fraction of sp³-hybridized carbons (Fsp3) is 0.632. The second-order valence-corrected chi connectivity index (χ2v) is 8.13. The van der Waals surface area contributed by atoms with Crippen LogP contribution < -0.4 is 20.1 Å². The van der Waals surface area contributed by atoms with Crippen molar-refractivity contribution < 1.29 is 9.47 Å². The zero-order chi connectivity index (χ0) is 18.1. The van der Waals surface area contributed by atoms with Crippen molar-refractivity contribution in [3.8, 4) is 11.5 Å². The van der Waals surface area contributed by atoms with Crippen LogP contribution in [-0.4, -0.2) is 50.3 Å². The maximum Gasteiger partial charge on any atom is 0.191 e. The number of rotatable bonds is 8. The summed E-state index contributed by atoms with van der Waals surface area (Å²) in [5.41, 5.74) is 1.13. The van der Waals surface area contributed by atoms with Gasteiger partial charge in [-0.15, -0.1) is 0 Å². The summed E-state index contributed by atoms with van der Waals surface area (Å²) in [5.74, 6) is 3.88. The molecule has 0 bridgehead atoms. The van der Waals surface area contributed by atoms with Gasteiger partial charge in [0.15, 0.2) is 5.96 Å². The van der Waals surface area contributed by atoms with Crippen LogP contribution in [0.4, 0.5) is 0 Å². The molecule has 1 aromatic carbocycles. The van der Waals surface area contributed by atoms with E-state index in [9.17, 15) is 0 Å². The van der Waals surface area contributed by atoms with E-state index in [1.807, 2.05) is 30.0 Å². The minimum absolute atomic E-state index is 0.290. The van der Waals surface area contributed by atoms with Crippen LogP contribution in [0.3, 0.4) is 0 Å². The number of aliphatic imine (C=N–C) groups is 1. The van der Waals surface area contributed by atoms with Crippen LogP contribution in [0.15, 0.2) is 23.2 Å². The highest BCUT2D eigenvalue weighted by Gasteiger charge is 2.29. The largest absolute Gasteiger partial charge is 0.497 e. The Morgan fingerprint density at radius 2 is 2.12 bits per heavy atom. The van der Waals surface area contributed by atoms with Crippen molar-refractivity contribution in [1.29, 1.82) is 0 Å². The zero-order valence-electron chi connectivity index (χ0n) is 15.9. The highest BCUT2D eigenvalue weighted by Crippen LogP contribution is 2.37. The summed E-state index contributed by atoms with van der Waals surface area (Å²) in [6.07, 6.45) is 3.40. The van der Waals surface area contributed by atoms with Gasteiger partial charge in [-0.1, -0.05) is 0 Å². The molecular formula is C19H31N3O2S. The highest BCUT2D eigenvalue weighted by atomic mass is 32.2. The third-order valence-corrected chi connectivity index (χ3v) is 5.91. The van der Waals surface area contributed by atoms with Gasteiger partial charge >= 0.3 is 0 Å². The van der Waals surface area contributed by atoms with Crippen LogP contribution in [0.25, 0.3) is 0 Å². The van der Waals surface area contributed by atoms with E-state index in [4.69, 9.17) is 14.5 Å². The minimum Gasteiger partial charge on any atom is -0.497 e. The minimum atomic E-state index is 0.290. The molecule has 0 aromatic heterocycles. The molecule has 0 saturated carbocycles. The SMILES string of the molecule is CCNC(=NCC1(C)CCCS1)NCCc1cc(OC)ccc1OC. The fourth-order valence-corrected chi connectivity index (χ4v) is 4.17. The molecule has 140 valence electrons. The Balaban J connectivity index is 1.92. The molecule has 25 heavy (non-hydrogen) atoms. The van der Waals surface area contributed by atoms with E-state index in [0.29, 0.717) is 4.75 Å². The fourth-order valence-electron chi connectivity index (χ4n) is 2.94. The van der Waals surface area contributed by atoms with Crippen LogP contribution in [0.2, 0.25) is 0 Å². The molecule has 1 atom stereocenters. The average molecular weight is 366 g/mol. The number of methoxy groups -OCH3 is 2. The van der Waals surface area contributed by atoms with Crippen molar-refractivity contribution in [2.45, 2.75) is 37.9 Å². The molecule has 0 amide bonds. The van der Waals surface area contributed by atoms with Gasteiger partial charge in [0.2, 0.25) is 0 Å². The van der Waals surface area contributed by atoms with Crippen molar-refractivity contribution in [3.63, 3.8) is 0 Å². The molecule has 2 N–H and O–H groups in total. The van der Waals surface area contributed by atoms with Crippen molar-refractivity contribution >= 4 is 17.7 Å². The molecule has 5 nitrogen and oxygen atoms in total. The lowest BCUT2D eigenvalue weighted by Gasteiger charge is -2.21. The van der Waals surface area contributed by atoms with E-state index in [2.05, 4.69) is 24.5 Å². The number of guanidine groups is 1. The Morgan fingerprint density at radius 1 is 1.28 bits per heavy atom. The van der Waals surface area contributed by atoms with Gasteiger partial charge in [-0.3, -0.25) is 4.99 Å². The van der Waals surface area contributed by atoms with Gasteiger partial charge in [0.25, 0.3) is 0 Å². The van der Waals surface area contributed by atoms with Crippen molar-refractivity contribution in [1.82, 2.24) is 10.6 Å². The number of ether oxygens (including phenoxy) is 2. The van der Waals surface area contributed by atoms with Crippen LogP contribution in [0, 0.1) is 0 Å². The van der Waals surface area contributed by atoms with Gasteiger partial charge < -0.3 is 20.1 Å². The number of hydrogen-bond donors (Lipinski definition) is 2. The van der Waals surface area contributed by atoms with E-state index in [0.717, 1.165) is 49.1 Å². The van der Waals surface area contributed by atoms with E-state index >= 15 is 0 Å². The lowest BCUT2D eigenvalue weighted by atomic mass is 10.1. The lowest BCUT2D eigenvalue weighted by molar-refractivity contribution is 0.398. The molecule has 6 heteroatoms. The summed E-state index contributed by atoms with van der Waals surface area (Å²) in [7, 11) is 3.38. The quantitative estimate of drug-likeness (QED) is 0.548. The molecule has 1 aliphatic heterocycles. The topological polar surface area (TPSA) is 54.9 Å². The Morgan fingerprint density at radius 3 is 2.76 bits per heavy atom. The van der Waals surface area contributed by atoms with Gasteiger partial charge in [-0.25, -0.2) is 0 Å². The standard InChI is InChI=1S/C19H31N3O2S/c1-5-20-18(22-14-19(2)10-6-12-25-19)21-11-9-15-13-16(23-3)7-8-17(15)24-4/h7-8,13H,5-6,9-12,14H2,1-4H3,(H2,20,21,22). The molecule has 1 heterocycles. The monoisotopic (exact) mass is 365 g/mol. The Bertz CT molecular complexity index is 572. The molecule has 1 aromatic rings. The molecule has 1 unspecified atom stereocenters. The zero-order valence-corrected chi connectivity index (χ0v) is 16.7. The molecule has 1 fully saturated rings. The summed E-state index contributed by atoms with van der Waals surface area (Å²) in [6.45, 7) is 6.92. The Hall–Kier alpha value is -1.56. The number of nitrogens with zero attached hydrogens (tertiary/aromatic N) is 1. The van der Waals surface area contributed by atoms with Crippen molar-refractivity contribution in [2.75, 3.05) is 39.6 Å². The van der Waals surface area contributed by atoms with E-state index < -0.39 is 0 Å². The van der Waals surface area contributed by atoms with E-state index in [1.54, 1.807) is 14.2 Å². The van der Waals surface area contributed by atoms with Gasteiger partial charge in [0.05, 0.1) is 20.8 Å². The molecule has 0 aliphatic carbocycles. The summed E-state index contributed by atoms with van der Waals surface area (Å²) in [5, 5.41) is 6.77. The smallest absolute Gasteiger partial charge is 0.191 e. The maximum atomic E-state index is 5.45.